The lowest BCUT2D eigenvalue weighted by Crippen LogP contribution is -2.14. The highest BCUT2D eigenvalue weighted by molar-refractivity contribution is 5.74. The lowest BCUT2D eigenvalue weighted by atomic mass is 10.1. The van der Waals surface area contributed by atoms with Crippen molar-refractivity contribution in [2.75, 3.05) is 0 Å². The first-order valence-corrected chi connectivity index (χ1v) is 5.95. The molecule has 1 atom stereocenters. The molecule has 16 heavy (non-hydrogen) atoms. The van der Waals surface area contributed by atoms with E-state index in [-0.39, 0.29) is 0 Å². The highest BCUT2D eigenvalue weighted by Crippen LogP contribution is 2.12. The van der Waals surface area contributed by atoms with E-state index in [4.69, 9.17) is 5.73 Å². The number of rotatable bonds is 5. The molecule has 0 radical (unpaired) electrons. The molecule has 1 aromatic carbocycles. The van der Waals surface area contributed by atoms with Gasteiger partial charge in [0.1, 0.15) is 5.82 Å². The van der Waals surface area contributed by atoms with E-state index in [0.717, 1.165) is 36.1 Å². The molecular formula is C13H19N3. The summed E-state index contributed by atoms with van der Waals surface area (Å²) in [6, 6.07) is 8.46. The number of fused-ring (bicyclic) bond motifs is 1. The number of H-pyrrole nitrogens is 1. The Kier molecular flexibility index (Phi) is 3.57. The third kappa shape index (κ3) is 2.83. The number of aryl methyl sites for hydroxylation is 1. The van der Waals surface area contributed by atoms with Crippen LogP contribution in [0.1, 0.15) is 32.0 Å². The molecule has 2 rings (SSSR count). The highest BCUT2D eigenvalue weighted by Gasteiger charge is 2.01. The fourth-order valence-electron chi connectivity index (χ4n) is 1.88. The fraction of sp³-hybridized carbons (Fsp3) is 0.462. The van der Waals surface area contributed by atoms with E-state index >= 15 is 0 Å². The molecule has 1 aromatic heterocycles. The smallest absolute Gasteiger partial charge is 0.107 e. The van der Waals surface area contributed by atoms with E-state index in [0.29, 0.717) is 6.04 Å². The van der Waals surface area contributed by atoms with E-state index < -0.39 is 0 Å². The molecule has 3 heteroatoms. The number of nitrogens with one attached hydrogen (secondary N) is 1. The molecule has 0 fully saturated rings. The van der Waals surface area contributed by atoms with E-state index in [9.17, 15) is 0 Å². The molecule has 3 N–H and O–H groups in total. The first-order valence-electron chi connectivity index (χ1n) is 5.95. The van der Waals surface area contributed by atoms with Gasteiger partial charge in [0.2, 0.25) is 0 Å². The van der Waals surface area contributed by atoms with Crippen molar-refractivity contribution in [1.29, 1.82) is 0 Å². The highest BCUT2D eigenvalue weighted by atomic mass is 14.9. The maximum Gasteiger partial charge on any atom is 0.107 e. The van der Waals surface area contributed by atoms with Crippen molar-refractivity contribution in [3.63, 3.8) is 0 Å². The van der Waals surface area contributed by atoms with Crippen LogP contribution in [0, 0.1) is 0 Å². The van der Waals surface area contributed by atoms with E-state index in [1.807, 2.05) is 18.2 Å². The summed E-state index contributed by atoms with van der Waals surface area (Å²) in [6.45, 7) is 2.06. The van der Waals surface area contributed by atoms with Crippen LogP contribution in [0.25, 0.3) is 11.0 Å². The summed E-state index contributed by atoms with van der Waals surface area (Å²) < 4.78 is 0. The second-order valence-corrected chi connectivity index (χ2v) is 4.42. The van der Waals surface area contributed by atoms with Gasteiger partial charge in [-0.2, -0.15) is 0 Å². The van der Waals surface area contributed by atoms with E-state index in [1.54, 1.807) is 0 Å². The van der Waals surface area contributed by atoms with Gasteiger partial charge in [0, 0.05) is 12.5 Å². The van der Waals surface area contributed by atoms with Crippen molar-refractivity contribution < 1.29 is 0 Å². The van der Waals surface area contributed by atoms with E-state index in [2.05, 4.69) is 23.0 Å². The number of imidazole rings is 1. The molecule has 1 heterocycles. The molecule has 3 nitrogen and oxygen atoms in total. The molecule has 0 bridgehead atoms. The Morgan fingerprint density at radius 1 is 1.31 bits per heavy atom. The van der Waals surface area contributed by atoms with Crippen LogP contribution in [0.4, 0.5) is 0 Å². The Labute approximate surface area is 96.1 Å². The summed E-state index contributed by atoms with van der Waals surface area (Å²) in [6.07, 6.45) is 4.44. The van der Waals surface area contributed by atoms with Crippen LogP contribution in [0.2, 0.25) is 0 Å². The number of aromatic amines is 1. The van der Waals surface area contributed by atoms with Gasteiger partial charge in [0.15, 0.2) is 0 Å². The standard InChI is InChI=1S/C13H19N3/c1-10(14)6-2-5-9-13-15-11-7-3-4-8-12(11)16-13/h3-4,7-8,10H,2,5-6,9,14H2,1H3,(H,15,16)/t10-/m0/s1. The van der Waals surface area contributed by atoms with Crippen LogP contribution in [0.3, 0.4) is 0 Å². The quantitative estimate of drug-likeness (QED) is 0.756. The minimum Gasteiger partial charge on any atom is -0.342 e. The van der Waals surface area contributed by atoms with Gasteiger partial charge < -0.3 is 10.7 Å². The predicted octanol–water partition coefficient (Wildman–Crippen LogP) is 2.62. The zero-order valence-corrected chi connectivity index (χ0v) is 9.74. The molecular weight excluding hydrogens is 198 g/mol. The van der Waals surface area contributed by atoms with Gasteiger partial charge in [-0.1, -0.05) is 18.6 Å². The Bertz CT molecular complexity index is 412. The normalized spacial score (nSPS) is 13.1. The van der Waals surface area contributed by atoms with Gasteiger partial charge in [0.05, 0.1) is 11.0 Å². The second kappa shape index (κ2) is 5.12. The van der Waals surface area contributed by atoms with Crippen LogP contribution >= 0.6 is 0 Å². The van der Waals surface area contributed by atoms with Gasteiger partial charge >= 0.3 is 0 Å². The molecule has 0 spiro atoms. The number of nitrogens with zero attached hydrogens (tertiary/aromatic N) is 1. The van der Waals surface area contributed by atoms with Gasteiger partial charge in [-0.3, -0.25) is 0 Å². The van der Waals surface area contributed by atoms with Gasteiger partial charge in [0.25, 0.3) is 0 Å². The summed E-state index contributed by atoms with van der Waals surface area (Å²) in [7, 11) is 0. The average molecular weight is 217 g/mol. The van der Waals surface area contributed by atoms with Gasteiger partial charge in [-0.05, 0) is 31.9 Å². The lowest BCUT2D eigenvalue weighted by molar-refractivity contribution is 0.592. The molecule has 86 valence electrons. The largest absolute Gasteiger partial charge is 0.342 e. The Hall–Kier alpha value is -1.35. The molecule has 0 saturated carbocycles. The Morgan fingerprint density at radius 2 is 2.12 bits per heavy atom. The third-order valence-corrected chi connectivity index (χ3v) is 2.76. The maximum absolute atomic E-state index is 5.71. The van der Waals surface area contributed by atoms with Crippen LogP contribution in [0.5, 0.6) is 0 Å². The number of nitrogens with two attached hydrogens (primary N) is 1. The minimum atomic E-state index is 0.315. The van der Waals surface area contributed by atoms with Gasteiger partial charge in [-0.25, -0.2) is 4.98 Å². The molecule has 0 aliphatic carbocycles. The Balaban J connectivity index is 1.89. The maximum atomic E-state index is 5.71. The number of para-hydroxylation sites is 2. The monoisotopic (exact) mass is 217 g/mol. The minimum absolute atomic E-state index is 0.315. The summed E-state index contributed by atoms with van der Waals surface area (Å²) >= 11 is 0. The van der Waals surface area contributed by atoms with Crippen molar-refractivity contribution in [3.8, 4) is 0 Å². The van der Waals surface area contributed by atoms with Crippen molar-refractivity contribution in [3.05, 3.63) is 30.1 Å². The van der Waals surface area contributed by atoms with Crippen LogP contribution in [-0.2, 0) is 6.42 Å². The number of benzene rings is 1. The summed E-state index contributed by atoms with van der Waals surface area (Å²) in [5, 5.41) is 0. The molecule has 0 amide bonds. The number of unbranched alkanes of at least 4 members (excludes halogenated alkanes) is 1. The van der Waals surface area contributed by atoms with Crippen molar-refractivity contribution in [2.45, 2.75) is 38.6 Å². The Morgan fingerprint density at radius 3 is 2.88 bits per heavy atom. The van der Waals surface area contributed by atoms with Crippen LogP contribution in [-0.4, -0.2) is 16.0 Å². The van der Waals surface area contributed by atoms with Gasteiger partial charge in [-0.15, -0.1) is 0 Å². The first-order chi connectivity index (χ1) is 7.75. The molecule has 0 saturated heterocycles. The molecule has 0 aliphatic heterocycles. The SMILES string of the molecule is C[C@H](N)CCCCc1nc2ccccc2[nH]1. The number of aromatic nitrogens is 2. The van der Waals surface area contributed by atoms with Crippen molar-refractivity contribution >= 4 is 11.0 Å². The molecule has 0 unspecified atom stereocenters. The van der Waals surface area contributed by atoms with Crippen LogP contribution in [0.15, 0.2) is 24.3 Å². The summed E-state index contributed by atoms with van der Waals surface area (Å²) in [5.41, 5.74) is 7.90. The zero-order chi connectivity index (χ0) is 11.4. The lowest BCUT2D eigenvalue weighted by Gasteiger charge is -2.02. The second-order valence-electron chi connectivity index (χ2n) is 4.42. The average Bonchev–Trinajstić information content (AvgIpc) is 2.66. The topological polar surface area (TPSA) is 54.7 Å². The van der Waals surface area contributed by atoms with Crippen molar-refractivity contribution in [1.82, 2.24) is 9.97 Å². The summed E-state index contributed by atoms with van der Waals surface area (Å²) in [4.78, 5) is 7.88. The zero-order valence-electron chi connectivity index (χ0n) is 9.74. The number of hydrogen-bond donors (Lipinski definition) is 2. The van der Waals surface area contributed by atoms with Crippen molar-refractivity contribution in [2.24, 2.45) is 5.73 Å². The summed E-state index contributed by atoms with van der Waals surface area (Å²) in [5.74, 6) is 1.09. The van der Waals surface area contributed by atoms with Crippen LogP contribution < -0.4 is 5.73 Å². The predicted molar refractivity (Wildman–Crippen MR) is 67.3 cm³/mol. The van der Waals surface area contributed by atoms with E-state index in [1.165, 1.54) is 6.42 Å². The first kappa shape index (κ1) is 11.1. The molecule has 0 aliphatic rings. The molecule has 2 aromatic rings. The third-order valence-electron chi connectivity index (χ3n) is 2.76. The fourth-order valence-corrected chi connectivity index (χ4v) is 1.88. The number of hydrogen-bond acceptors (Lipinski definition) is 2.